The zero-order valence-electron chi connectivity index (χ0n) is 16.8. The van der Waals surface area contributed by atoms with E-state index >= 15 is 0 Å². The van der Waals surface area contributed by atoms with E-state index in [1.165, 1.54) is 20.3 Å². The molecule has 0 spiro atoms. The van der Waals surface area contributed by atoms with Crippen LogP contribution in [0.5, 0.6) is 17.2 Å². The lowest BCUT2D eigenvalue weighted by Gasteiger charge is -2.15. The molecule has 7 heteroatoms. The van der Waals surface area contributed by atoms with Crippen molar-refractivity contribution in [2.75, 3.05) is 20.8 Å². The number of benzene rings is 1. The highest BCUT2D eigenvalue weighted by Crippen LogP contribution is 2.43. The van der Waals surface area contributed by atoms with Gasteiger partial charge in [0.15, 0.2) is 11.5 Å². The minimum Gasteiger partial charge on any atom is -0.493 e. The van der Waals surface area contributed by atoms with Gasteiger partial charge in [-0.25, -0.2) is 9.68 Å². The van der Waals surface area contributed by atoms with Crippen molar-refractivity contribution in [1.82, 2.24) is 0 Å². The molecule has 0 aliphatic carbocycles. The highest BCUT2D eigenvalue weighted by molar-refractivity contribution is 5.89. The average Bonchev–Trinajstić information content (AvgIpc) is 2.66. The van der Waals surface area contributed by atoms with Crippen LogP contribution in [0.25, 0.3) is 11.0 Å². The molecule has 0 saturated carbocycles. The number of methoxy groups -OCH3 is 2. The first-order chi connectivity index (χ1) is 13.3. The van der Waals surface area contributed by atoms with E-state index in [1.54, 1.807) is 32.1 Å². The SMILES string of the molecule is COc1cc2oc(=O)ccc2c(OC/C=C(\C)C/C=C/C(C)(C)OO)c1OC. The molecule has 0 unspecified atom stereocenters. The van der Waals surface area contributed by atoms with Crippen LogP contribution >= 0.6 is 0 Å². The third kappa shape index (κ3) is 5.37. The molecule has 2 aromatic rings. The van der Waals surface area contributed by atoms with Crippen LogP contribution in [0, 0.1) is 0 Å². The van der Waals surface area contributed by atoms with Gasteiger partial charge >= 0.3 is 5.63 Å². The van der Waals surface area contributed by atoms with Gasteiger partial charge in [0.2, 0.25) is 5.75 Å². The summed E-state index contributed by atoms with van der Waals surface area (Å²) in [7, 11) is 3.02. The lowest BCUT2D eigenvalue weighted by Crippen LogP contribution is -2.18. The van der Waals surface area contributed by atoms with Crippen molar-refractivity contribution in [3.05, 3.63) is 52.4 Å². The van der Waals surface area contributed by atoms with E-state index in [9.17, 15) is 4.79 Å². The summed E-state index contributed by atoms with van der Waals surface area (Å²) in [5.41, 5.74) is 0.244. The Balaban J connectivity index is 2.22. The summed E-state index contributed by atoms with van der Waals surface area (Å²) in [5.74, 6) is 1.28. The van der Waals surface area contributed by atoms with E-state index in [1.807, 2.05) is 19.1 Å². The van der Waals surface area contributed by atoms with E-state index in [-0.39, 0.29) is 6.61 Å². The fraction of sp³-hybridized carbons (Fsp3) is 0.381. The Morgan fingerprint density at radius 1 is 1.21 bits per heavy atom. The summed E-state index contributed by atoms with van der Waals surface area (Å²) in [6, 6.07) is 4.56. The summed E-state index contributed by atoms with van der Waals surface area (Å²) < 4.78 is 21.9. The Labute approximate surface area is 163 Å². The average molecular weight is 390 g/mol. The second kappa shape index (κ2) is 9.43. The second-order valence-electron chi connectivity index (χ2n) is 6.77. The first-order valence-corrected chi connectivity index (χ1v) is 8.79. The molecule has 0 fully saturated rings. The van der Waals surface area contributed by atoms with E-state index in [0.717, 1.165) is 5.57 Å². The van der Waals surface area contributed by atoms with Crippen molar-refractivity contribution < 1.29 is 28.8 Å². The van der Waals surface area contributed by atoms with Crippen molar-refractivity contribution in [2.24, 2.45) is 0 Å². The third-order valence-electron chi connectivity index (χ3n) is 4.08. The van der Waals surface area contributed by atoms with Gasteiger partial charge in [-0.1, -0.05) is 17.7 Å². The van der Waals surface area contributed by atoms with Crippen LogP contribution < -0.4 is 19.8 Å². The molecule has 0 bridgehead atoms. The Kier molecular flexibility index (Phi) is 7.25. The van der Waals surface area contributed by atoms with Crippen molar-refractivity contribution in [3.8, 4) is 17.2 Å². The maximum atomic E-state index is 11.5. The molecule has 1 N–H and O–H groups in total. The molecule has 1 aromatic heterocycles. The molecule has 0 aliphatic rings. The molecule has 7 nitrogen and oxygen atoms in total. The lowest BCUT2D eigenvalue weighted by molar-refractivity contribution is -0.297. The molecular weight excluding hydrogens is 364 g/mol. The normalized spacial score (nSPS) is 12.6. The lowest BCUT2D eigenvalue weighted by atomic mass is 10.1. The number of hydrogen-bond donors (Lipinski definition) is 1. The summed E-state index contributed by atoms with van der Waals surface area (Å²) in [5, 5.41) is 9.40. The zero-order valence-corrected chi connectivity index (χ0v) is 16.8. The maximum Gasteiger partial charge on any atom is 0.336 e. The van der Waals surface area contributed by atoms with Crippen LogP contribution in [0.1, 0.15) is 27.2 Å². The van der Waals surface area contributed by atoms with Gasteiger partial charge < -0.3 is 18.6 Å². The van der Waals surface area contributed by atoms with Gasteiger partial charge in [0.1, 0.15) is 17.8 Å². The molecule has 0 aliphatic heterocycles. The number of allylic oxidation sites excluding steroid dienone is 2. The largest absolute Gasteiger partial charge is 0.493 e. The van der Waals surface area contributed by atoms with E-state index in [4.69, 9.17) is 23.9 Å². The van der Waals surface area contributed by atoms with E-state index in [2.05, 4.69) is 4.89 Å². The minimum atomic E-state index is -0.729. The summed E-state index contributed by atoms with van der Waals surface area (Å²) in [6.45, 7) is 5.77. The van der Waals surface area contributed by atoms with Gasteiger partial charge in [-0.3, -0.25) is 5.26 Å². The Morgan fingerprint density at radius 2 is 1.96 bits per heavy atom. The Hall–Kier alpha value is -2.77. The molecular formula is C21H26O7. The fourth-order valence-corrected chi connectivity index (χ4v) is 2.54. The minimum absolute atomic E-state index is 0.289. The Bertz CT molecular complexity index is 922. The molecule has 0 amide bonds. The van der Waals surface area contributed by atoms with Gasteiger partial charge in [0.25, 0.3) is 0 Å². The monoisotopic (exact) mass is 390 g/mol. The van der Waals surface area contributed by atoms with Crippen LogP contribution in [-0.4, -0.2) is 31.7 Å². The van der Waals surface area contributed by atoms with Crippen LogP contribution in [0.2, 0.25) is 0 Å². The zero-order chi connectivity index (χ0) is 20.7. The van der Waals surface area contributed by atoms with Gasteiger partial charge in [-0.05, 0) is 39.3 Å². The summed E-state index contributed by atoms with van der Waals surface area (Å²) in [6.07, 6.45) is 6.31. The highest BCUT2D eigenvalue weighted by Gasteiger charge is 2.18. The van der Waals surface area contributed by atoms with E-state index < -0.39 is 11.2 Å². The topological polar surface area (TPSA) is 87.4 Å². The molecule has 0 saturated heterocycles. The summed E-state index contributed by atoms with van der Waals surface area (Å²) in [4.78, 5) is 15.9. The fourth-order valence-electron chi connectivity index (χ4n) is 2.54. The van der Waals surface area contributed by atoms with Gasteiger partial charge in [-0.2, -0.15) is 0 Å². The number of fused-ring (bicyclic) bond motifs is 1. The maximum absolute atomic E-state index is 11.5. The molecule has 0 radical (unpaired) electrons. The Morgan fingerprint density at radius 3 is 2.61 bits per heavy atom. The number of ether oxygens (including phenoxy) is 3. The van der Waals surface area contributed by atoms with Crippen molar-refractivity contribution in [2.45, 2.75) is 32.8 Å². The molecule has 1 heterocycles. The predicted octanol–water partition coefficient (Wildman–Crippen LogP) is 4.35. The first-order valence-electron chi connectivity index (χ1n) is 8.79. The van der Waals surface area contributed by atoms with Crippen LogP contribution in [0.3, 0.4) is 0 Å². The van der Waals surface area contributed by atoms with E-state index in [0.29, 0.717) is 34.6 Å². The molecule has 1 aromatic carbocycles. The quantitative estimate of drug-likeness (QED) is 0.295. The smallest absolute Gasteiger partial charge is 0.336 e. The third-order valence-corrected chi connectivity index (χ3v) is 4.08. The second-order valence-corrected chi connectivity index (χ2v) is 6.77. The molecule has 0 atom stereocenters. The molecule has 28 heavy (non-hydrogen) atoms. The number of hydrogen-bond acceptors (Lipinski definition) is 7. The first kappa shape index (κ1) is 21.5. The highest BCUT2D eigenvalue weighted by atomic mass is 17.1. The predicted molar refractivity (Wildman–Crippen MR) is 106 cm³/mol. The van der Waals surface area contributed by atoms with Gasteiger partial charge in [0, 0.05) is 12.1 Å². The van der Waals surface area contributed by atoms with Crippen LogP contribution in [-0.2, 0) is 4.89 Å². The van der Waals surface area contributed by atoms with Crippen LogP contribution in [0.4, 0.5) is 0 Å². The molecule has 152 valence electrons. The van der Waals surface area contributed by atoms with Crippen molar-refractivity contribution >= 4 is 11.0 Å². The summed E-state index contributed by atoms with van der Waals surface area (Å²) >= 11 is 0. The van der Waals surface area contributed by atoms with Crippen molar-refractivity contribution in [1.29, 1.82) is 0 Å². The van der Waals surface area contributed by atoms with Crippen LogP contribution in [0.15, 0.2) is 51.2 Å². The van der Waals surface area contributed by atoms with Crippen molar-refractivity contribution in [3.63, 3.8) is 0 Å². The standard InChI is InChI=1S/C21H26O7/c1-14(7-6-11-21(2,3)28-23)10-12-26-19-15-8-9-18(22)27-16(15)13-17(24-4)20(19)25-5/h6,8-11,13,23H,7,12H2,1-5H3/b11-6+,14-10+. The van der Waals surface area contributed by atoms with Gasteiger partial charge in [0.05, 0.1) is 19.6 Å². The molecule has 2 rings (SSSR count). The van der Waals surface area contributed by atoms with Gasteiger partial charge in [-0.15, -0.1) is 0 Å². The number of rotatable bonds is 9.